The monoisotopic (exact) mass is 352 g/mol. The van der Waals surface area contributed by atoms with E-state index in [9.17, 15) is 9.59 Å². The van der Waals surface area contributed by atoms with E-state index in [1.165, 1.54) is 6.92 Å². The van der Waals surface area contributed by atoms with Gasteiger partial charge in [0.2, 0.25) is 5.91 Å². The first kappa shape index (κ1) is 18.1. The smallest absolute Gasteiger partial charge is 0.228 e. The second-order valence-electron chi connectivity index (χ2n) is 6.58. The number of nitrogens with one attached hydrogen (secondary N) is 1. The summed E-state index contributed by atoms with van der Waals surface area (Å²) < 4.78 is 5.37. The van der Waals surface area contributed by atoms with Crippen LogP contribution in [0.5, 0.6) is 0 Å². The minimum Gasteiger partial charge on any atom is -0.378 e. The fraction of sp³-hybridized carbons (Fsp3) is 0.333. The highest BCUT2D eigenvalue weighted by Gasteiger charge is 2.12. The molecule has 1 aliphatic heterocycles. The van der Waals surface area contributed by atoms with Crippen LogP contribution in [0.1, 0.15) is 28.4 Å². The number of morpholine rings is 1. The number of carbonyl (C=O) groups excluding carboxylic acids is 2. The number of hydrogen-bond acceptors (Lipinski definition) is 4. The molecule has 2 aromatic rings. The number of rotatable bonds is 5. The molecule has 1 aliphatic rings. The molecule has 5 nitrogen and oxygen atoms in total. The molecule has 1 amide bonds. The Morgan fingerprint density at radius 3 is 2.42 bits per heavy atom. The Balaban J connectivity index is 1.63. The summed E-state index contributed by atoms with van der Waals surface area (Å²) in [5.41, 5.74) is 4.33. The van der Waals surface area contributed by atoms with Crippen LogP contribution in [0.4, 0.5) is 11.4 Å². The summed E-state index contributed by atoms with van der Waals surface area (Å²) in [6.45, 7) is 6.73. The molecule has 3 rings (SSSR count). The number of carbonyl (C=O) groups is 2. The number of Topliss-reactive ketones (excluding diaryl/α,β-unsaturated/α-hetero) is 1. The molecular weight excluding hydrogens is 328 g/mol. The van der Waals surface area contributed by atoms with Crippen LogP contribution < -0.4 is 10.2 Å². The van der Waals surface area contributed by atoms with Crippen LogP contribution in [0, 0.1) is 6.92 Å². The van der Waals surface area contributed by atoms with Gasteiger partial charge in [0.25, 0.3) is 0 Å². The zero-order chi connectivity index (χ0) is 18.5. The van der Waals surface area contributed by atoms with Gasteiger partial charge in [0.05, 0.1) is 19.6 Å². The quantitative estimate of drug-likeness (QED) is 0.840. The first-order chi connectivity index (χ1) is 12.5. The number of ether oxygens (including phenoxy) is 1. The number of hydrogen-bond donors (Lipinski definition) is 1. The lowest BCUT2D eigenvalue weighted by Crippen LogP contribution is -2.36. The number of ketones is 1. The molecule has 1 saturated heterocycles. The Hall–Kier alpha value is -2.66. The highest BCUT2D eigenvalue weighted by molar-refractivity contribution is 5.98. The Morgan fingerprint density at radius 2 is 1.77 bits per heavy atom. The number of benzene rings is 2. The molecule has 0 radical (unpaired) electrons. The van der Waals surface area contributed by atoms with Crippen LogP contribution in [0.25, 0.3) is 0 Å². The average Bonchev–Trinajstić information content (AvgIpc) is 2.64. The lowest BCUT2D eigenvalue weighted by Gasteiger charge is -2.28. The first-order valence-corrected chi connectivity index (χ1v) is 8.86. The van der Waals surface area contributed by atoms with Crippen molar-refractivity contribution in [1.29, 1.82) is 0 Å². The van der Waals surface area contributed by atoms with E-state index >= 15 is 0 Å². The van der Waals surface area contributed by atoms with Crippen LogP contribution in [0.3, 0.4) is 0 Å². The van der Waals surface area contributed by atoms with E-state index in [0.717, 1.165) is 43.1 Å². The molecule has 0 bridgehead atoms. The Bertz CT molecular complexity index is 793. The zero-order valence-corrected chi connectivity index (χ0v) is 15.2. The van der Waals surface area contributed by atoms with Gasteiger partial charge in [-0.2, -0.15) is 0 Å². The van der Waals surface area contributed by atoms with Crippen molar-refractivity contribution in [1.82, 2.24) is 0 Å². The summed E-state index contributed by atoms with van der Waals surface area (Å²) in [6, 6.07) is 13.4. The number of nitrogens with zero attached hydrogens (tertiary/aromatic N) is 1. The molecule has 1 fully saturated rings. The van der Waals surface area contributed by atoms with Crippen molar-refractivity contribution >= 4 is 23.1 Å². The first-order valence-electron chi connectivity index (χ1n) is 8.86. The molecular formula is C21H24N2O3. The highest BCUT2D eigenvalue weighted by atomic mass is 16.5. The van der Waals surface area contributed by atoms with Crippen molar-refractivity contribution < 1.29 is 14.3 Å². The summed E-state index contributed by atoms with van der Waals surface area (Å²) in [5, 5.41) is 2.91. The van der Waals surface area contributed by atoms with Crippen molar-refractivity contribution in [3.63, 3.8) is 0 Å². The number of aryl methyl sites for hydroxylation is 1. The maximum absolute atomic E-state index is 12.4. The zero-order valence-electron chi connectivity index (χ0n) is 15.2. The van der Waals surface area contributed by atoms with Crippen LogP contribution in [0.2, 0.25) is 0 Å². The normalized spacial score (nSPS) is 14.2. The van der Waals surface area contributed by atoms with Gasteiger partial charge in [-0.3, -0.25) is 9.59 Å². The number of amides is 1. The largest absolute Gasteiger partial charge is 0.378 e. The standard InChI is InChI=1S/C21H24N2O3/c1-15-3-6-18(16(2)24)14-20(15)22-21(25)13-17-4-7-19(8-5-17)23-9-11-26-12-10-23/h3-8,14H,9-13H2,1-2H3,(H,22,25). The third-order valence-electron chi connectivity index (χ3n) is 4.60. The molecule has 0 atom stereocenters. The SMILES string of the molecule is CC(=O)c1ccc(C)c(NC(=O)Cc2ccc(N3CCOCC3)cc2)c1. The van der Waals surface area contributed by atoms with Gasteiger partial charge < -0.3 is 15.0 Å². The van der Waals surface area contributed by atoms with Crippen LogP contribution >= 0.6 is 0 Å². The Morgan fingerprint density at radius 1 is 1.08 bits per heavy atom. The molecule has 2 aromatic carbocycles. The Kier molecular flexibility index (Phi) is 5.68. The van der Waals surface area contributed by atoms with Gasteiger partial charge in [0.1, 0.15) is 0 Å². The number of anilines is 2. The lowest BCUT2D eigenvalue weighted by atomic mass is 10.1. The third-order valence-corrected chi connectivity index (χ3v) is 4.60. The topological polar surface area (TPSA) is 58.6 Å². The Labute approximate surface area is 154 Å². The van der Waals surface area contributed by atoms with E-state index < -0.39 is 0 Å². The van der Waals surface area contributed by atoms with E-state index in [0.29, 0.717) is 17.7 Å². The van der Waals surface area contributed by atoms with Crippen molar-refractivity contribution in [3.05, 3.63) is 59.2 Å². The van der Waals surface area contributed by atoms with Gasteiger partial charge in [-0.15, -0.1) is 0 Å². The van der Waals surface area contributed by atoms with Crippen LogP contribution in [-0.2, 0) is 16.0 Å². The predicted molar refractivity (Wildman–Crippen MR) is 103 cm³/mol. The fourth-order valence-corrected chi connectivity index (χ4v) is 3.00. The summed E-state index contributed by atoms with van der Waals surface area (Å²) >= 11 is 0. The van der Waals surface area contributed by atoms with E-state index in [-0.39, 0.29) is 11.7 Å². The molecule has 136 valence electrons. The van der Waals surface area contributed by atoms with E-state index in [1.807, 2.05) is 25.1 Å². The minimum atomic E-state index is -0.0899. The van der Waals surface area contributed by atoms with Gasteiger partial charge in [-0.25, -0.2) is 0 Å². The van der Waals surface area contributed by atoms with E-state index in [4.69, 9.17) is 4.74 Å². The summed E-state index contributed by atoms with van der Waals surface area (Å²) in [4.78, 5) is 26.2. The lowest BCUT2D eigenvalue weighted by molar-refractivity contribution is -0.115. The maximum atomic E-state index is 12.4. The van der Waals surface area contributed by atoms with Gasteiger partial charge in [0, 0.05) is 30.0 Å². The van der Waals surface area contributed by atoms with E-state index in [1.54, 1.807) is 12.1 Å². The molecule has 0 saturated carbocycles. The summed E-state index contributed by atoms with van der Waals surface area (Å²) in [6.07, 6.45) is 0.299. The maximum Gasteiger partial charge on any atom is 0.228 e. The second kappa shape index (κ2) is 8.15. The van der Waals surface area contributed by atoms with Gasteiger partial charge in [0.15, 0.2) is 5.78 Å². The highest BCUT2D eigenvalue weighted by Crippen LogP contribution is 2.19. The van der Waals surface area contributed by atoms with Crippen molar-refractivity contribution in [3.8, 4) is 0 Å². The van der Waals surface area contributed by atoms with Crippen LogP contribution in [0.15, 0.2) is 42.5 Å². The molecule has 0 aliphatic carbocycles. The summed E-state index contributed by atoms with van der Waals surface area (Å²) in [7, 11) is 0. The molecule has 1 N–H and O–H groups in total. The van der Waals surface area contributed by atoms with Crippen molar-refractivity contribution in [2.45, 2.75) is 20.3 Å². The molecule has 0 aromatic heterocycles. The van der Waals surface area contributed by atoms with Gasteiger partial charge in [-0.1, -0.05) is 24.3 Å². The average molecular weight is 352 g/mol. The third kappa shape index (κ3) is 4.49. The predicted octanol–water partition coefficient (Wildman–Crippen LogP) is 3.22. The van der Waals surface area contributed by atoms with Crippen molar-refractivity contribution in [2.75, 3.05) is 36.5 Å². The molecule has 5 heteroatoms. The van der Waals surface area contributed by atoms with Crippen molar-refractivity contribution in [2.24, 2.45) is 0 Å². The molecule has 26 heavy (non-hydrogen) atoms. The van der Waals surface area contributed by atoms with Gasteiger partial charge in [-0.05, 0) is 43.2 Å². The van der Waals surface area contributed by atoms with E-state index in [2.05, 4.69) is 22.3 Å². The molecule has 0 unspecified atom stereocenters. The van der Waals surface area contributed by atoms with Gasteiger partial charge >= 0.3 is 0 Å². The minimum absolute atomic E-state index is 0.0146. The fourth-order valence-electron chi connectivity index (χ4n) is 3.00. The van der Waals surface area contributed by atoms with Crippen LogP contribution in [-0.4, -0.2) is 38.0 Å². The summed E-state index contributed by atoms with van der Waals surface area (Å²) in [5.74, 6) is -0.105. The second-order valence-corrected chi connectivity index (χ2v) is 6.58. The molecule has 0 spiro atoms. The molecule has 1 heterocycles.